The number of carbonyl (C=O) groups excluding carboxylic acids is 4. The van der Waals surface area contributed by atoms with Gasteiger partial charge < -0.3 is 33.8 Å². The van der Waals surface area contributed by atoms with Crippen LogP contribution < -0.4 is 0 Å². The number of unbranched alkanes of at least 4 members (excludes halogenated alkanes) is 38. The molecule has 0 heterocycles. The molecule has 0 aliphatic heterocycles. The molecule has 0 aromatic carbocycles. The Bertz CT molecular complexity index is 1870. The highest BCUT2D eigenvalue weighted by atomic mass is 31.2. The topological polar surface area (TPSA) is 237 Å². The van der Waals surface area contributed by atoms with Crippen LogP contribution in [0.3, 0.4) is 0 Å². The first-order chi connectivity index (χ1) is 45.6. The predicted molar refractivity (Wildman–Crippen MR) is 386 cm³/mol. The van der Waals surface area contributed by atoms with Crippen molar-refractivity contribution in [2.45, 2.75) is 401 Å². The van der Waals surface area contributed by atoms with Gasteiger partial charge in [-0.25, -0.2) is 9.13 Å². The molecule has 95 heavy (non-hydrogen) atoms. The Hall–Kier alpha value is -1.94. The van der Waals surface area contributed by atoms with Crippen LogP contribution in [0.25, 0.3) is 0 Å². The lowest BCUT2D eigenvalue weighted by Gasteiger charge is -2.21. The Labute approximate surface area is 581 Å². The summed E-state index contributed by atoms with van der Waals surface area (Å²) in [5.74, 6) is 0.915. The number of phosphoric ester groups is 2. The van der Waals surface area contributed by atoms with E-state index >= 15 is 0 Å². The van der Waals surface area contributed by atoms with Crippen molar-refractivity contribution < 1.29 is 80.2 Å². The molecule has 0 aliphatic rings. The van der Waals surface area contributed by atoms with Crippen molar-refractivity contribution in [3.8, 4) is 0 Å². The molecule has 0 aromatic heterocycles. The maximum absolute atomic E-state index is 13.1. The van der Waals surface area contributed by atoms with Crippen molar-refractivity contribution in [3.63, 3.8) is 0 Å². The lowest BCUT2D eigenvalue weighted by molar-refractivity contribution is -0.161. The maximum Gasteiger partial charge on any atom is 0.472 e. The van der Waals surface area contributed by atoms with E-state index in [1.807, 2.05) is 0 Å². The van der Waals surface area contributed by atoms with Crippen LogP contribution in [0.2, 0.25) is 0 Å². The van der Waals surface area contributed by atoms with Gasteiger partial charge in [-0.05, 0) is 49.4 Å². The summed E-state index contributed by atoms with van der Waals surface area (Å²) in [6.45, 7) is 14.2. The molecule has 6 atom stereocenters. The Morgan fingerprint density at radius 3 is 0.747 bits per heavy atom. The van der Waals surface area contributed by atoms with E-state index in [9.17, 15) is 43.2 Å². The molecule has 19 heteroatoms. The molecule has 0 saturated carbocycles. The molecule has 0 fully saturated rings. The molecule has 0 radical (unpaired) electrons. The van der Waals surface area contributed by atoms with E-state index in [1.54, 1.807) is 0 Å². The standard InChI is InChI=1S/C76H148O17P2/c1-9-69(8)55-47-39-34-35-41-49-57-74(79)87-63-72(92-75(80)58-50-42-32-25-21-17-16-19-23-29-37-45-53-67(4)5)65-91-95(84,85)89-61-70(77)60-88-94(82,83)90-64-71(93-76(81)59-51-43-33-27-26-30-38-46-54-68(6)7)62-86-73(78)56-48-40-31-24-20-15-13-11-10-12-14-18-22-28-36-44-52-66(2)3/h66-72,77H,9-65H2,1-8H3,(H,82,83)(H,84,85)/t69?,70-,71-,72-/m1/s1. The minimum Gasteiger partial charge on any atom is -0.462 e. The van der Waals surface area contributed by atoms with Crippen molar-refractivity contribution in [3.05, 3.63) is 0 Å². The van der Waals surface area contributed by atoms with Crippen LogP contribution in [0, 0.1) is 23.7 Å². The first kappa shape index (κ1) is 93.1. The number of ether oxygens (including phenoxy) is 4. The first-order valence-corrected chi connectivity index (χ1v) is 42.2. The van der Waals surface area contributed by atoms with Crippen molar-refractivity contribution in [1.29, 1.82) is 0 Å². The van der Waals surface area contributed by atoms with Crippen molar-refractivity contribution in [2.75, 3.05) is 39.6 Å². The average molecular weight is 1400 g/mol. The fraction of sp³-hybridized carbons (Fsp3) is 0.947. The number of hydrogen-bond donors (Lipinski definition) is 3. The minimum absolute atomic E-state index is 0.104. The summed E-state index contributed by atoms with van der Waals surface area (Å²) in [7, 11) is -9.91. The van der Waals surface area contributed by atoms with Gasteiger partial charge in [0.2, 0.25) is 0 Å². The number of hydrogen-bond acceptors (Lipinski definition) is 15. The van der Waals surface area contributed by atoms with Gasteiger partial charge in [0, 0.05) is 25.7 Å². The number of carbonyl (C=O) groups is 4. The van der Waals surface area contributed by atoms with E-state index in [2.05, 4.69) is 55.4 Å². The van der Waals surface area contributed by atoms with E-state index in [4.69, 9.17) is 37.0 Å². The zero-order valence-electron chi connectivity index (χ0n) is 62.3. The molecule has 3 unspecified atom stereocenters. The Kier molecular flexibility index (Phi) is 64.0. The summed E-state index contributed by atoms with van der Waals surface area (Å²) in [6.07, 6.45) is 50.1. The zero-order valence-corrected chi connectivity index (χ0v) is 64.1. The molecular formula is C76H148O17P2. The van der Waals surface area contributed by atoms with Crippen molar-refractivity contribution in [1.82, 2.24) is 0 Å². The molecule has 0 saturated heterocycles. The number of phosphoric acid groups is 2. The third kappa shape index (κ3) is 69.0. The highest BCUT2D eigenvalue weighted by Crippen LogP contribution is 2.45. The van der Waals surface area contributed by atoms with Gasteiger partial charge in [-0.15, -0.1) is 0 Å². The molecule has 17 nitrogen and oxygen atoms in total. The number of aliphatic hydroxyl groups excluding tert-OH is 1. The summed E-state index contributed by atoms with van der Waals surface area (Å²) < 4.78 is 68.5. The molecule has 0 spiro atoms. The number of aliphatic hydroxyl groups is 1. The molecule has 0 aliphatic carbocycles. The van der Waals surface area contributed by atoms with Crippen molar-refractivity contribution >= 4 is 39.5 Å². The second-order valence-electron chi connectivity index (χ2n) is 29.1. The first-order valence-electron chi connectivity index (χ1n) is 39.2. The average Bonchev–Trinajstić information content (AvgIpc) is 1.51. The van der Waals surface area contributed by atoms with E-state index < -0.39 is 97.5 Å². The molecule has 0 bridgehead atoms. The Morgan fingerprint density at radius 1 is 0.295 bits per heavy atom. The summed E-state index contributed by atoms with van der Waals surface area (Å²) >= 11 is 0. The van der Waals surface area contributed by atoms with Crippen LogP contribution in [0.1, 0.15) is 383 Å². The van der Waals surface area contributed by atoms with E-state index in [0.29, 0.717) is 25.7 Å². The van der Waals surface area contributed by atoms with Gasteiger partial charge in [-0.3, -0.25) is 37.3 Å². The lowest BCUT2D eigenvalue weighted by atomic mass is 10.00. The zero-order chi connectivity index (χ0) is 70.3. The summed E-state index contributed by atoms with van der Waals surface area (Å²) in [5, 5.41) is 10.6. The Morgan fingerprint density at radius 2 is 0.505 bits per heavy atom. The molecule has 564 valence electrons. The minimum atomic E-state index is -4.96. The monoisotopic (exact) mass is 1400 g/mol. The van der Waals surface area contributed by atoms with E-state index in [-0.39, 0.29) is 25.7 Å². The van der Waals surface area contributed by atoms with Crippen LogP contribution >= 0.6 is 15.6 Å². The van der Waals surface area contributed by atoms with Crippen LogP contribution in [0.5, 0.6) is 0 Å². The molecule has 0 aromatic rings. The van der Waals surface area contributed by atoms with Crippen molar-refractivity contribution in [2.24, 2.45) is 23.7 Å². The SMILES string of the molecule is CCC(C)CCCCCCCCC(=O)OC[C@H](COP(=O)(O)OC[C@H](O)COP(=O)(O)OC[C@@H](COC(=O)CCCCCCCCCCCCCCCCCCC(C)C)OC(=O)CCCCCCCCCCC(C)C)OC(=O)CCCCCCCCCCCCCCC(C)C. The van der Waals surface area contributed by atoms with Crippen LogP contribution in [0.4, 0.5) is 0 Å². The quantitative estimate of drug-likeness (QED) is 0.0222. The highest BCUT2D eigenvalue weighted by molar-refractivity contribution is 7.47. The second kappa shape index (κ2) is 65.4. The summed E-state index contributed by atoms with van der Waals surface area (Å²) in [4.78, 5) is 72.8. The Balaban J connectivity index is 5.20. The third-order valence-corrected chi connectivity index (χ3v) is 19.8. The van der Waals surface area contributed by atoms with Gasteiger partial charge in [0.1, 0.15) is 19.3 Å². The van der Waals surface area contributed by atoms with E-state index in [0.717, 1.165) is 120 Å². The smallest absolute Gasteiger partial charge is 0.462 e. The van der Waals surface area contributed by atoms with Crippen LogP contribution in [-0.4, -0.2) is 96.7 Å². The van der Waals surface area contributed by atoms with Gasteiger partial charge >= 0.3 is 39.5 Å². The van der Waals surface area contributed by atoms with Crippen LogP contribution in [0.15, 0.2) is 0 Å². The van der Waals surface area contributed by atoms with Gasteiger partial charge in [0.25, 0.3) is 0 Å². The van der Waals surface area contributed by atoms with Gasteiger partial charge in [0.15, 0.2) is 12.2 Å². The predicted octanol–water partition coefficient (Wildman–Crippen LogP) is 22.0. The fourth-order valence-electron chi connectivity index (χ4n) is 11.5. The van der Waals surface area contributed by atoms with Crippen LogP contribution in [-0.2, 0) is 65.4 Å². The highest BCUT2D eigenvalue weighted by Gasteiger charge is 2.30. The number of rotatable bonds is 73. The third-order valence-electron chi connectivity index (χ3n) is 17.9. The lowest BCUT2D eigenvalue weighted by Crippen LogP contribution is -2.30. The van der Waals surface area contributed by atoms with Gasteiger partial charge in [-0.2, -0.15) is 0 Å². The molecule has 0 amide bonds. The van der Waals surface area contributed by atoms with Gasteiger partial charge in [0.05, 0.1) is 26.4 Å². The van der Waals surface area contributed by atoms with E-state index in [1.165, 1.54) is 180 Å². The van der Waals surface area contributed by atoms with Gasteiger partial charge in [-0.1, -0.05) is 331 Å². The largest absolute Gasteiger partial charge is 0.472 e. The summed E-state index contributed by atoms with van der Waals surface area (Å²) in [6, 6.07) is 0. The fourth-order valence-corrected chi connectivity index (χ4v) is 13.1. The maximum atomic E-state index is 13.1. The second-order valence-corrected chi connectivity index (χ2v) is 32.0. The molecule has 3 N–H and O–H groups in total. The summed E-state index contributed by atoms with van der Waals surface area (Å²) in [5.41, 5.74) is 0. The molecule has 0 rings (SSSR count). The normalized spacial score (nSPS) is 14.4. The molecular weight excluding hydrogens is 1250 g/mol. The number of esters is 4.